The maximum Gasteiger partial charge on any atom is 0.227 e. The molecule has 2 aromatic rings. The lowest BCUT2D eigenvalue weighted by Crippen LogP contribution is -1.93. The van der Waals surface area contributed by atoms with Gasteiger partial charge in [0.05, 0.1) is 0 Å². The molecule has 0 radical (unpaired) electrons. The molecule has 0 spiro atoms. The lowest BCUT2D eigenvalue weighted by atomic mass is 10.2. The van der Waals surface area contributed by atoms with Gasteiger partial charge in [-0.15, -0.1) is 0 Å². The lowest BCUT2D eigenvalue weighted by molar-refractivity contribution is 1.06. The third-order valence-electron chi connectivity index (χ3n) is 1.52. The number of hydrogen-bond donors (Lipinski definition) is 0. The summed E-state index contributed by atoms with van der Waals surface area (Å²) in [6.45, 7) is 0. The molecule has 0 fully saturated rings. The zero-order valence-electron chi connectivity index (χ0n) is 6.85. The topological polar surface area (TPSA) is 51.6 Å². The third-order valence-corrected chi connectivity index (χ3v) is 1.86. The molecule has 2 heterocycles. The van der Waals surface area contributed by atoms with Crippen LogP contribution >= 0.6 is 23.2 Å². The fraction of sp³-hybridized carbons (Fsp3) is 0. The summed E-state index contributed by atoms with van der Waals surface area (Å²) in [6.07, 6.45) is 3.28. The van der Waals surface area contributed by atoms with Crippen LogP contribution in [0.5, 0.6) is 0 Å². The molecule has 0 aromatic carbocycles. The fourth-order valence-corrected chi connectivity index (χ4v) is 1.32. The molecule has 0 aliphatic heterocycles. The van der Waals surface area contributed by atoms with Gasteiger partial charge >= 0.3 is 0 Å². The average molecular weight is 227 g/mol. The Bertz CT molecular complexity index is 426. The minimum atomic E-state index is 0.0804. The normalized spacial score (nSPS) is 10.1. The Kier molecular flexibility index (Phi) is 2.56. The second-order valence-corrected chi connectivity index (χ2v) is 3.11. The molecule has 0 N–H and O–H groups in total. The molecule has 0 saturated carbocycles. The standard InChI is InChI=1S/C8H4Cl2N4/c9-7-12-6(13-8(10)14-7)5-1-3-11-4-2-5/h1-4H. The van der Waals surface area contributed by atoms with E-state index in [1.807, 2.05) is 0 Å². The second kappa shape index (κ2) is 3.86. The average Bonchev–Trinajstić information content (AvgIpc) is 2.18. The van der Waals surface area contributed by atoms with E-state index in [4.69, 9.17) is 23.2 Å². The largest absolute Gasteiger partial charge is 0.265 e. The number of aromatic nitrogens is 4. The number of halogens is 2. The van der Waals surface area contributed by atoms with Crippen molar-refractivity contribution in [1.82, 2.24) is 19.9 Å². The number of pyridine rings is 1. The van der Waals surface area contributed by atoms with Crippen molar-refractivity contribution >= 4 is 23.2 Å². The molecule has 14 heavy (non-hydrogen) atoms. The molecule has 6 heteroatoms. The van der Waals surface area contributed by atoms with Gasteiger partial charge in [0.1, 0.15) is 0 Å². The van der Waals surface area contributed by atoms with Gasteiger partial charge in [0.2, 0.25) is 10.6 Å². The van der Waals surface area contributed by atoms with Crippen LogP contribution in [0.15, 0.2) is 24.5 Å². The van der Waals surface area contributed by atoms with Crippen molar-refractivity contribution in [2.24, 2.45) is 0 Å². The maximum atomic E-state index is 5.64. The van der Waals surface area contributed by atoms with Crippen LogP contribution in [0, 0.1) is 0 Å². The van der Waals surface area contributed by atoms with Crippen molar-refractivity contribution in [3.63, 3.8) is 0 Å². The van der Waals surface area contributed by atoms with E-state index in [0.717, 1.165) is 5.56 Å². The van der Waals surface area contributed by atoms with E-state index in [9.17, 15) is 0 Å². The van der Waals surface area contributed by atoms with Crippen molar-refractivity contribution in [3.8, 4) is 11.4 Å². The van der Waals surface area contributed by atoms with E-state index in [1.54, 1.807) is 24.5 Å². The highest BCUT2D eigenvalue weighted by Gasteiger charge is 2.04. The predicted molar refractivity (Wildman–Crippen MR) is 53.1 cm³/mol. The summed E-state index contributed by atoms with van der Waals surface area (Å²) in [6, 6.07) is 3.53. The van der Waals surface area contributed by atoms with E-state index in [0.29, 0.717) is 5.82 Å². The first kappa shape index (κ1) is 9.30. The van der Waals surface area contributed by atoms with E-state index < -0.39 is 0 Å². The molecule has 0 amide bonds. The fourth-order valence-electron chi connectivity index (χ4n) is 0.956. The molecular weight excluding hydrogens is 223 g/mol. The third kappa shape index (κ3) is 1.97. The zero-order valence-corrected chi connectivity index (χ0v) is 8.37. The van der Waals surface area contributed by atoms with Crippen LogP contribution in [-0.2, 0) is 0 Å². The summed E-state index contributed by atoms with van der Waals surface area (Å²) < 4.78 is 0. The SMILES string of the molecule is Clc1nc(Cl)nc(-c2ccncc2)n1. The van der Waals surface area contributed by atoms with Crippen molar-refractivity contribution < 1.29 is 0 Å². The van der Waals surface area contributed by atoms with Crippen LogP contribution in [0.1, 0.15) is 0 Å². The molecule has 2 rings (SSSR count). The Labute approximate surface area is 90.0 Å². The zero-order chi connectivity index (χ0) is 9.97. The Hall–Kier alpha value is -1.26. The van der Waals surface area contributed by atoms with Crippen LogP contribution in [0.2, 0.25) is 10.6 Å². The van der Waals surface area contributed by atoms with Gasteiger partial charge in [0, 0.05) is 18.0 Å². The quantitative estimate of drug-likeness (QED) is 0.749. The highest BCUT2D eigenvalue weighted by atomic mass is 35.5. The van der Waals surface area contributed by atoms with Gasteiger partial charge in [-0.05, 0) is 35.3 Å². The maximum absolute atomic E-state index is 5.64. The molecule has 0 bridgehead atoms. The predicted octanol–water partition coefficient (Wildman–Crippen LogP) is 2.24. The van der Waals surface area contributed by atoms with Crippen LogP contribution in [0.4, 0.5) is 0 Å². The highest BCUT2D eigenvalue weighted by Crippen LogP contribution is 2.16. The van der Waals surface area contributed by atoms with E-state index in [2.05, 4.69) is 19.9 Å². The van der Waals surface area contributed by atoms with Gasteiger partial charge in [-0.2, -0.15) is 15.0 Å². The van der Waals surface area contributed by atoms with E-state index in [-0.39, 0.29) is 10.6 Å². The van der Waals surface area contributed by atoms with Crippen molar-refractivity contribution in [2.75, 3.05) is 0 Å². The minimum Gasteiger partial charge on any atom is -0.265 e. The second-order valence-electron chi connectivity index (χ2n) is 2.43. The lowest BCUT2D eigenvalue weighted by Gasteiger charge is -1.99. The molecule has 0 unspecified atom stereocenters. The Morgan fingerprint density at radius 3 is 2.00 bits per heavy atom. The molecule has 0 aliphatic rings. The van der Waals surface area contributed by atoms with Gasteiger partial charge in [0.15, 0.2) is 5.82 Å². The molecule has 4 nitrogen and oxygen atoms in total. The van der Waals surface area contributed by atoms with E-state index in [1.165, 1.54) is 0 Å². The molecule has 0 saturated heterocycles. The van der Waals surface area contributed by atoms with Gasteiger partial charge in [0.25, 0.3) is 0 Å². The van der Waals surface area contributed by atoms with Crippen LogP contribution < -0.4 is 0 Å². The highest BCUT2D eigenvalue weighted by molar-refractivity contribution is 6.31. The first-order chi connectivity index (χ1) is 6.75. The van der Waals surface area contributed by atoms with E-state index >= 15 is 0 Å². The summed E-state index contributed by atoms with van der Waals surface area (Å²) in [5.41, 5.74) is 0.797. The van der Waals surface area contributed by atoms with Crippen molar-refractivity contribution in [3.05, 3.63) is 35.1 Å². The van der Waals surface area contributed by atoms with Crippen LogP contribution in [0.25, 0.3) is 11.4 Å². The van der Waals surface area contributed by atoms with Crippen molar-refractivity contribution in [2.45, 2.75) is 0 Å². The number of rotatable bonds is 1. The summed E-state index contributed by atoms with van der Waals surface area (Å²) in [5, 5.41) is 0.161. The number of nitrogens with zero attached hydrogens (tertiary/aromatic N) is 4. The Morgan fingerprint density at radius 2 is 1.43 bits per heavy atom. The number of hydrogen-bond acceptors (Lipinski definition) is 4. The Morgan fingerprint density at radius 1 is 0.857 bits per heavy atom. The molecule has 2 aromatic heterocycles. The Balaban J connectivity index is 2.52. The first-order valence-corrected chi connectivity index (χ1v) is 4.49. The summed E-state index contributed by atoms with van der Waals surface area (Å²) >= 11 is 11.3. The molecule has 0 aliphatic carbocycles. The summed E-state index contributed by atoms with van der Waals surface area (Å²) in [7, 11) is 0. The van der Waals surface area contributed by atoms with Gasteiger partial charge in [-0.3, -0.25) is 4.98 Å². The van der Waals surface area contributed by atoms with Gasteiger partial charge in [-0.1, -0.05) is 0 Å². The monoisotopic (exact) mass is 226 g/mol. The molecular formula is C8H4Cl2N4. The molecule has 70 valence electrons. The molecule has 0 atom stereocenters. The van der Waals surface area contributed by atoms with Crippen molar-refractivity contribution in [1.29, 1.82) is 0 Å². The van der Waals surface area contributed by atoms with Crippen LogP contribution in [-0.4, -0.2) is 19.9 Å². The first-order valence-electron chi connectivity index (χ1n) is 3.73. The van der Waals surface area contributed by atoms with Gasteiger partial charge in [-0.25, -0.2) is 0 Å². The van der Waals surface area contributed by atoms with Gasteiger partial charge < -0.3 is 0 Å². The van der Waals surface area contributed by atoms with Crippen LogP contribution in [0.3, 0.4) is 0 Å². The minimum absolute atomic E-state index is 0.0804. The summed E-state index contributed by atoms with van der Waals surface area (Å²) in [5.74, 6) is 0.442. The summed E-state index contributed by atoms with van der Waals surface area (Å²) in [4.78, 5) is 15.4. The smallest absolute Gasteiger partial charge is 0.227 e.